The van der Waals surface area contributed by atoms with Crippen LogP contribution in [0.4, 0.5) is 15.8 Å². The van der Waals surface area contributed by atoms with Crippen molar-refractivity contribution in [1.82, 2.24) is 4.90 Å². The molecule has 1 aliphatic rings. The van der Waals surface area contributed by atoms with E-state index in [1.165, 1.54) is 6.07 Å². The molecule has 170 valence electrons. The minimum Gasteiger partial charge on any atom is -0.478 e. The molecule has 0 aliphatic carbocycles. The zero-order valence-corrected chi connectivity index (χ0v) is 18.4. The van der Waals surface area contributed by atoms with Gasteiger partial charge in [0.2, 0.25) is 0 Å². The van der Waals surface area contributed by atoms with E-state index < -0.39 is 5.97 Å². The lowest BCUT2D eigenvalue weighted by atomic mass is 10.1. The summed E-state index contributed by atoms with van der Waals surface area (Å²) in [5.41, 5.74) is 3.18. The Morgan fingerprint density at radius 3 is 2.42 bits per heavy atom. The first-order valence-corrected chi connectivity index (χ1v) is 10.9. The standard InChI is InChI=1S/C26H26FN3O3/c1-18-5-4-7-19(15-18)25(31)28-24-10-9-21(16-22(24)26(32)33)30-13-11-29(12-14-30)17-20-6-2-3-8-23(20)27/h2-10,15-16H,11-14,17H2,1H3,(H,28,31)(H,32,33). The van der Waals surface area contributed by atoms with Crippen molar-refractivity contribution in [1.29, 1.82) is 0 Å². The number of hydrogen-bond acceptors (Lipinski definition) is 4. The van der Waals surface area contributed by atoms with E-state index in [1.54, 1.807) is 42.5 Å². The third-order valence-electron chi connectivity index (χ3n) is 5.85. The van der Waals surface area contributed by atoms with Crippen molar-refractivity contribution in [3.8, 4) is 0 Å². The molecule has 0 atom stereocenters. The van der Waals surface area contributed by atoms with Crippen molar-refractivity contribution >= 4 is 23.3 Å². The number of rotatable bonds is 6. The lowest BCUT2D eigenvalue weighted by Crippen LogP contribution is -2.46. The summed E-state index contributed by atoms with van der Waals surface area (Å²) in [7, 11) is 0. The molecule has 0 radical (unpaired) electrons. The Balaban J connectivity index is 1.44. The highest BCUT2D eigenvalue weighted by Crippen LogP contribution is 2.25. The molecule has 0 bridgehead atoms. The minimum absolute atomic E-state index is 0.0438. The Hall–Kier alpha value is -3.71. The molecular formula is C26H26FN3O3. The zero-order valence-electron chi connectivity index (χ0n) is 18.4. The number of anilines is 2. The van der Waals surface area contributed by atoms with Gasteiger partial charge in [0.1, 0.15) is 5.82 Å². The highest BCUT2D eigenvalue weighted by atomic mass is 19.1. The number of carboxylic acid groups (broad SMARTS) is 1. The van der Waals surface area contributed by atoms with Gasteiger partial charge in [0, 0.05) is 49.5 Å². The van der Waals surface area contributed by atoms with Gasteiger partial charge in [-0.2, -0.15) is 0 Å². The highest BCUT2D eigenvalue weighted by Gasteiger charge is 2.21. The molecule has 0 aromatic heterocycles. The van der Waals surface area contributed by atoms with Crippen molar-refractivity contribution < 1.29 is 19.1 Å². The van der Waals surface area contributed by atoms with Crippen LogP contribution in [-0.4, -0.2) is 48.1 Å². The number of aromatic carboxylic acids is 1. The molecule has 0 spiro atoms. The van der Waals surface area contributed by atoms with Crippen molar-refractivity contribution in [2.45, 2.75) is 13.5 Å². The van der Waals surface area contributed by atoms with Gasteiger partial charge in [-0.15, -0.1) is 0 Å². The molecule has 1 aliphatic heterocycles. The molecule has 1 fully saturated rings. The zero-order chi connectivity index (χ0) is 23.4. The second-order valence-corrected chi connectivity index (χ2v) is 8.21. The molecule has 3 aromatic rings. The lowest BCUT2D eigenvalue weighted by molar-refractivity contribution is 0.0698. The predicted molar refractivity (Wildman–Crippen MR) is 126 cm³/mol. The first kappa shape index (κ1) is 22.5. The Labute approximate surface area is 192 Å². The molecule has 1 saturated heterocycles. The Morgan fingerprint density at radius 1 is 0.970 bits per heavy atom. The number of aryl methyl sites for hydroxylation is 1. The number of benzene rings is 3. The number of halogens is 1. The van der Waals surface area contributed by atoms with Crippen LogP contribution in [0.15, 0.2) is 66.7 Å². The molecule has 0 saturated carbocycles. The average molecular weight is 448 g/mol. The fourth-order valence-corrected chi connectivity index (χ4v) is 4.03. The summed E-state index contributed by atoms with van der Waals surface area (Å²) >= 11 is 0. The van der Waals surface area contributed by atoms with Crippen LogP contribution < -0.4 is 10.2 Å². The summed E-state index contributed by atoms with van der Waals surface area (Å²) in [4.78, 5) is 28.8. The third-order valence-corrected chi connectivity index (χ3v) is 5.85. The molecular weight excluding hydrogens is 421 g/mol. The van der Waals surface area contributed by atoms with Gasteiger partial charge in [0.25, 0.3) is 5.91 Å². The Bertz CT molecular complexity index is 1170. The summed E-state index contributed by atoms with van der Waals surface area (Å²) in [6.07, 6.45) is 0. The summed E-state index contributed by atoms with van der Waals surface area (Å²) in [5, 5.41) is 12.5. The molecule has 1 heterocycles. The fraction of sp³-hybridized carbons (Fsp3) is 0.231. The van der Waals surface area contributed by atoms with Crippen LogP contribution in [0.5, 0.6) is 0 Å². The molecule has 4 rings (SSSR count). The minimum atomic E-state index is -1.10. The second kappa shape index (κ2) is 9.83. The van der Waals surface area contributed by atoms with E-state index in [9.17, 15) is 19.1 Å². The van der Waals surface area contributed by atoms with E-state index in [2.05, 4.69) is 15.1 Å². The number of amides is 1. The third kappa shape index (κ3) is 5.38. The quantitative estimate of drug-likeness (QED) is 0.586. The largest absolute Gasteiger partial charge is 0.478 e. The normalized spacial score (nSPS) is 14.2. The summed E-state index contributed by atoms with van der Waals surface area (Å²) in [6, 6.07) is 19.0. The maximum Gasteiger partial charge on any atom is 0.337 e. The molecule has 6 nitrogen and oxygen atoms in total. The number of piperazine rings is 1. The van der Waals surface area contributed by atoms with Crippen LogP contribution >= 0.6 is 0 Å². The van der Waals surface area contributed by atoms with Gasteiger partial charge >= 0.3 is 5.97 Å². The summed E-state index contributed by atoms with van der Waals surface area (Å²) < 4.78 is 13.9. The van der Waals surface area contributed by atoms with Gasteiger partial charge in [0.15, 0.2) is 0 Å². The monoisotopic (exact) mass is 447 g/mol. The van der Waals surface area contributed by atoms with E-state index in [-0.39, 0.29) is 23.0 Å². The molecule has 3 aromatic carbocycles. The fourth-order valence-electron chi connectivity index (χ4n) is 4.03. The first-order chi connectivity index (χ1) is 15.9. The van der Waals surface area contributed by atoms with E-state index in [4.69, 9.17) is 0 Å². The van der Waals surface area contributed by atoms with Crippen LogP contribution in [0.3, 0.4) is 0 Å². The topological polar surface area (TPSA) is 72.9 Å². The maximum atomic E-state index is 13.9. The van der Waals surface area contributed by atoms with E-state index in [1.807, 2.05) is 25.1 Å². The maximum absolute atomic E-state index is 13.9. The van der Waals surface area contributed by atoms with Gasteiger partial charge in [0.05, 0.1) is 11.3 Å². The van der Waals surface area contributed by atoms with Gasteiger partial charge in [-0.3, -0.25) is 9.69 Å². The molecule has 1 amide bonds. The predicted octanol–water partition coefficient (Wildman–Crippen LogP) is 4.41. The SMILES string of the molecule is Cc1cccc(C(=O)Nc2ccc(N3CCN(Cc4ccccc4F)CC3)cc2C(=O)O)c1. The van der Waals surface area contributed by atoms with Crippen molar-refractivity contribution in [2.75, 3.05) is 36.4 Å². The number of carbonyl (C=O) groups is 2. The van der Waals surface area contributed by atoms with Crippen LogP contribution in [0.25, 0.3) is 0 Å². The number of nitrogens with zero attached hydrogens (tertiary/aromatic N) is 2. The summed E-state index contributed by atoms with van der Waals surface area (Å²) in [6.45, 7) is 5.31. The molecule has 2 N–H and O–H groups in total. The highest BCUT2D eigenvalue weighted by molar-refractivity contribution is 6.08. The van der Waals surface area contributed by atoms with Gasteiger partial charge in [-0.1, -0.05) is 35.9 Å². The molecule has 7 heteroatoms. The van der Waals surface area contributed by atoms with E-state index in [0.29, 0.717) is 30.8 Å². The van der Waals surface area contributed by atoms with E-state index >= 15 is 0 Å². The Kier molecular flexibility index (Phi) is 6.70. The van der Waals surface area contributed by atoms with Crippen LogP contribution in [0.1, 0.15) is 31.8 Å². The van der Waals surface area contributed by atoms with E-state index in [0.717, 1.165) is 24.3 Å². The van der Waals surface area contributed by atoms with Crippen LogP contribution in [0.2, 0.25) is 0 Å². The summed E-state index contributed by atoms with van der Waals surface area (Å²) in [5.74, 6) is -1.65. The van der Waals surface area contributed by atoms with Crippen LogP contribution in [-0.2, 0) is 6.54 Å². The van der Waals surface area contributed by atoms with Gasteiger partial charge < -0.3 is 15.3 Å². The van der Waals surface area contributed by atoms with Crippen molar-refractivity contribution in [2.24, 2.45) is 0 Å². The van der Waals surface area contributed by atoms with Gasteiger partial charge in [-0.05, 0) is 43.3 Å². The van der Waals surface area contributed by atoms with Gasteiger partial charge in [-0.25, -0.2) is 9.18 Å². The first-order valence-electron chi connectivity index (χ1n) is 10.9. The second-order valence-electron chi connectivity index (χ2n) is 8.21. The lowest BCUT2D eigenvalue weighted by Gasteiger charge is -2.36. The number of nitrogens with one attached hydrogen (secondary N) is 1. The molecule has 0 unspecified atom stereocenters. The Morgan fingerprint density at radius 2 is 1.73 bits per heavy atom. The van der Waals surface area contributed by atoms with Crippen molar-refractivity contribution in [3.63, 3.8) is 0 Å². The smallest absolute Gasteiger partial charge is 0.337 e. The molecule has 33 heavy (non-hydrogen) atoms. The number of hydrogen-bond donors (Lipinski definition) is 2. The average Bonchev–Trinajstić information content (AvgIpc) is 2.81. The number of carbonyl (C=O) groups excluding carboxylic acids is 1. The number of carboxylic acids is 1. The van der Waals surface area contributed by atoms with Crippen molar-refractivity contribution in [3.05, 3.63) is 94.8 Å². The van der Waals surface area contributed by atoms with Crippen LogP contribution in [0, 0.1) is 12.7 Å².